The first kappa shape index (κ1) is 15.0. The van der Waals surface area contributed by atoms with Crippen LogP contribution >= 0.6 is 0 Å². The largest absolute Gasteiger partial charge is 0.481 e. The topological polar surface area (TPSA) is 69.6 Å². The van der Waals surface area contributed by atoms with E-state index in [-0.39, 0.29) is 17.9 Å². The standard InChI is InChI=1S/C13H24N2O3/c1-12(2,11(17)18)8-10(16)14-9-13(15(3)4)6-5-7-13/h5-9H2,1-4H3,(H,14,16)(H,17,18). The minimum Gasteiger partial charge on any atom is -0.481 e. The molecule has 5 heteroatoms. The number of carboxylic acid groups (broad SMARTS) is 1. The van der Waals surface area contributed by atoms with Crippen molar-refractivity contribution in [1.82, 2.24) is 10.2 Å². The third-order valence-electron chi connectivity index (χ3n) is 4.03. The van der Waals surface area contributed by atoms with Crippen molar-refractivity contribution >= 4 is 11.9 Å². The lowest BCUT2D eigenvalue weighted by Gasteiger charge is -2.47. The van der Waals surface area contributed by atoms with Crippen LogP contribution in [0.3, 0.4) is 0 Å². The Morgan fingerprint density at radius 3 is 2.22 bits per heavy atom. The van der Waals surface area contributed by atoms with Gasteiger partial charge in [0.2, 0.25) is 5.91 Å². The summed E-state index contributed by atoms with van der Waals surface area (Å²) in [5.41, 5.74) is -0.933. The second kappa shape index (κ2) is 5.26. The van der Waals surface area contributed by atoms with Crippen LogP contribution in [-0.2, 0) is 9.59 Å². The van der Waals surface area contributed by atoms with Crippen molar-refractivity contribution in [3.63, 3.8) is 0 Å². The number of hydrogen-bond acceptors (Lipinski definition) is 3. The average Bonchev–Trinajstić information content (AvgIpc) is 2.13. The molecule has 1 aliphatic carbocycles. The summed E-state index contributed by atoms with van der Waals surface area (Å²) in [6.07, 6.45) is 3.38. The van der Waals surface area contributed by atoms with Crippen LogP contribution in [0.1, 0.15) is 39.5 Å². The monoisotopic (exact) mass is 256 g/mol. The molecule has 0 unspecified atom stereocenters. The molecule has 1 amide bonds. The molecule has 1 saturated carbocycles. The van der Waals surface area contributed by atoms with Crippen molar-refractivity contribution in [2.45, 2.75) is 45.1 Å². The molecule has 104 valence electrons. The van der Waals surface area contributed by atoms with Crippen LogP contribution in [0.25, 0.3) is 0 Å². The van der Waals surface area contributed by atoms with Gasteiger partial charge in [-0.25, -0.2) is 0 Å². The number of hydrogen-bond donors (Lipinski definition) is 2. The van der Waals surface area contributed by atoms with Gasteiger partial charge in [-0.3, -0.25) is 9.59 Å². The van der Waals surface area contributed by atoms with E-state index in [9.17, 15) is 9.59 Å². The van der Waals surface area contributed by atoms with E-state index < -0.39 is 11.4 Å². The summed E-state index contributed by atoms with van der Waals surface area (Å²) in [6.45, 7) is 3.74. The molecule has 1 rings (SSSR count). The van der Waals surface area contributed by atoms with Crippen LogP contribution in [-0.4, -0.2) is 48.1 Å². The second-order valence-electron chi connectivity index (χ2n) is 6.11. The van der Waals surface area contributed by atoms with Crippen molar-refractivity contribution in [2.75, 3.05) is 20.6 Å². The second-order valence-corrected chi connectivity index (χ2v) is 6.11. The Labute approximate surface area is 109 Å². The lowest BCUT2D eigenvalue weighted by molar-refractivity contribution is -0.149. The van der Waals surface area contributed by atoms with Gasteiger partial charge in [0.05, 0.1) is 5.41 Å². The summed E-state index contributed by atoms with van der Waals surface area (Å²) in [7, 11) is 4.04. The van der Waals surface area contributed by atoms with Crippen molar-refractivity contribution in [3.05, 3.63) is 0 Å². The molecule has 18 heavy (non-hydrogen) atoms. The number of carboxylic acids is 1. The number of rotatable bonds is 6. The maximum absolute atomic E-state index is 11.8. The number of nitrogens with zero attached hydrogens (tertiary/aromatic N) is 1. The molecule has 0 radical (unpaired) electrons. The lowest BCUT2D eigenvalue weighted by Crippen LogP contribution is -2.57. The van der Waals surface area contributed by atoms with Crippen LogP contribution in [0, 0.1) is 5.41 Å². The highest BCUT2D eigenvalue weighted by Gasteiger charge is 2.39. The van der Waals surface area contributed by atoms with Gasteiger partial charge in [0.1, 0.15) is 0 Å². The van der Waals surface area contributed by atoms with Crippen LogP contribution in [0.5, 0.6) is 0 Å². The molecule has 0 aromatic heterocycles. The number of nitrogens with one attached hydrogen (secondary N) is 1. The van der Waals surface area contributed by atoms with Crippen molar-refractivity contribution in [2.24, 2.45) is 5.41 Å². The minimum atomic E-state index is -1.00. The fourth-order valence-corrected chi connectivity index (χ4v) is 2.17. The van der Waals surface area contributed by atoms with Gasteiger partial charge < -0.3 is 15.3 Å². The molecular formula is C13H24N2O3. The highest BCUT2D eigenvalue weighted by atomic mass is 16.4. The van der Waals surface area contributed by atoms with Gasteiger partial charge >= 0.3 is 5.97 Å². The van der Waals surface area contributed by atoms with Gasteiger partial charge in [-0.05, 0) is 47.2 Å². The number of likely N-dealkylation sites (N-methyl/N-ethyl adjacent to an activating group) is 1. The average molecular weight is 256 g/mol. The Kier molecular flexibility index (Phi) is 4.37. The summed E-state index contributed by atoms with van der Waals surface area (Å²) in [5.74, 6) is -1.13. The maximum Gasteiger partial charge on any atom is 0.309 e. The number of amides is 1. The summed E-state index contributed by atoms with van der Waals surface area (Å²) < 4.78 is 0. The van der Waals surface area contributed by atoms with Gasteiger partial charge in [0, 0.05) is 18.5 Å². The van der Waals surface area contributed by atoms with E-state index in [4.69, 9.17) is 5.11 Å². The summed E-state index contributed by atoms with van der Waals surface area (Å²) in [6, 6.07) is 0. The minimum absolute atomic E-state index is 0.0197. The Bertz CT molecular complexity index is 333. The predicted octanol–water partition coefficient (Wildman–Crippen LogP) is 1.09. The summed E-state index contributed by atoms with van der Waals surface area (Å²) in [4.78, 5) is 24.9. The molecule has 5 nitrogen and oxygen atoms in total. The van der Waals surface area contributed by atoms with Gasteiger partial charge in [0.25, 0.3) is 0 Å². The zero-order chi connectivity index (χ0) is 14.0. The molecule has 1 aliphatic rings. The van der Waals surface area contributed by atoms with E-state index in [2.05, 4.69) is 10.2 Å². The Balaban J connectivity index is 2.44. The van der Waals surface area contributed by atoms with E-state index in [1.807, 2.05) is 14.1 Å². The molecule has 0 heterocycles. The van der Waals surface area contributed by atoms with E-state index in [1.54, 1.807) is 13.8 Å². The Morgan fingerprint density at radius 2 is 1.89 bits per heavy atom. The molecule has 0 atom stereocenters. The molecule has 1 fully saturated rings. The summed E-state index contributed by atoms with van der Waals surface area (Å²) >= 11 is 0. The van der Waals surface area contributed by atoms with Crippen LogP contribution in [0.15, 0.2) is 0 Å². The highest BCUT2D eigenvalue weighted by Crippen LogP contribution is 2.35. The zero-order valence-corrected chi connectivity index (χ0v) is 11.7. The van der Waals surface area contributed by atoms with Crippen molar-refractivity contribution < 1.29 is 14.7 Å². The molecule has 0 aromatic carbocycles. The van der Waals surface area contributed by atoms with E-state index in [1.165, 1.54) is 6.42 Å². The zero-order valence-electron chi connectivity index (χ0n) is 11.7. The fourth-order valence-electron chi connectivity index (χ4n) is 2.17. The third-order valence-corrected chi connectivity index (χ3v) is 4.03. The molecule has 0 bridgehead atoms. The predicted molar refractivity (Wildman–Crippen MR) is 69.3 cm³/mol. The first-order valence-corrected chi connectivity index (χ1v) is 6.37. The number of carbonyl (C=O) groups excluding carboxylic acids is 1. The molecule has 2 N–H and O–H groups in total. The SMILES string of the molecule is CN(C)C1(CNC(=O)CC(C)(C)C(=O)O)CCC1. The fraction of sp³-hybridized carbons (Fsp3) is 0.846. The molecule has 0 aromatic rings. The van der Waals surface area contributed by atoms with Gasteiger partial charge in [-0.15, -0.1) is 0 Å². The number of carbonyl (C=O) groups is 2. The Morgan fingerprint density at radius 1 is 1.33 bits per heavy atom. The van der Waals surface area contributed by atoms with Crippen LogP contribution in [0.4, 0.5) is 0 Å². The van der Waals surface area contributed by atoms with E-state index in [0.29, 0.717) is 6.54 Å². The smallest absolute Gasteiger partial charge is 0.309 e. The van der Waals surface area contributed by atoms with Crippen molar-refractivity contribution in [3.8, 4) is 0 Å². The molecule has 0 saturated heterocycles. The first-order valence-electron chi connectivity index (χ1n) is 6.37. The summed E-state index contributed by atoms with van der Waals surface area (Å²) in [5, 5.41) is 11.8. The third kappa shape index (κ3) is 3.22. The first-order chi connectivity index (χ1) is 8.19. The van der Waals surface area contributed by atoms with Crippen LogP contribution < -0.4 is 5.32 Å². The maximum atomic E-state index is 11.8. The normalized spacial score (nSPS) is 18.3. The van der Waals surface area contributed by atoms with Crippen molar-refractivity contribution in [1.29, 1.82) is 0 Å². The highest BCUT2D eigenvalue weighted by molar-refractivity contribution is 5.84. The van der Waals surface area contributed by atoms with Crippen LogP contribution in [0.2, 0.25) is 0 Å². The van der Waals surface area contributed by atoms with E-state index >= 15 is 0 Å². The van der Waals surface area contributed by atoms with E-state index in [0.717, 1.165) is 12.8 Å². The van der Waals surface area contributed by atoms with Gasteiger partial charge in [-0.2, -0.15) is 0 Å². The molecule has 0 aliphatic heterocycles. The quantitative estimate of drug-likeness (QED) is 0.746. The molecule has 0 spiro atoms. The van der Waals surface area contributed by atoms with Gasteiger partial charge in [0.15, 0.2) is 0 Å². The number of aliphatic carboxylic acids is 1. The molecular weight excluding hydrogens is 232 g/mol. The Hall–Kier alpha value is -1.10. The lowest BCUT2D eigenvalue weighted by atomic mass is 9.75. The van der Waals surface area contributed by atoms with Gasteiger partial charge in [-0.1, -0.05) is 0 Å².